The number of amides is 1. The monoisotopic (exact) mass is 422 g/mol. The molecule has 1 fully saturated rings. The van der Waals surface area contributed by atoms with E-state index < -0.39 is 5.91 Å². The number of primary amides is 1. The first kappa shape index (κ1) is 25.2. The number of unbranched alkanes of at least 4 members (excludes halogenated alkanes) is 1. The smallest absolute Gasteiger partial charge is 0.263 e. The Labute approximate surface area is 178 Å². The molecule has 0 atom stereocenters. The molecule has 1 aliphatic carbocycles. The molecule has 1 aromatic heterocycles. The second kappa shape index (κ2) is 13.4. The highest BCUT2D eigenvalue weighted by Crippen LogP contribution is 2.21. The van der Waals surface area contributed by atoms with Gasteiger partial charge in [0.05, 0.1) is 5.52 Å². The van der Waals surface area contributed by atoms with E-state index in [0.29, 0.717) is 11.6 Å². The summed E-state index contributed by atoms with van der Waals surface area (Å²) in [4.78, 5) is 23.6. The minimum Gasteiger partial charge on any atom is -0.400 e. The lowest BCUT2D eigenvalue weighted by Gasteiger charge is -2.11. The van der Waals surface area contributed by atoms with Gasteiger partial charge in [-0.05, 0) is 35.9 Å². The first-order valence-electron chi connectivity index (χ1n) is 10.5. The average molecular weight is 423 g/mol. The number of hydrogen-bond donors (Lipinski definition) is 2. The molecule has 29 heavy (non-hydrogen) atoms. The SMILES string of the molecule is CC1CCCCCC1.CCCCn1c(=O)c(C(N)=O)cc2ccc(Cl)cc21.CO. The predicted octanol–water partition coefficient (Wildman–Crippen LogP) is 5.14. The largest absolute Gasteiger partial charge is 0.400 e. The van der Waals surface area contributed by atoms with Gasteiger partial charge in [0.2, 0.25) is 0 Å². The summed E-state index contributed by atoms with van der Waals surface area (Å²) in [6, 6.07) is 6.77. The van der Waals surface area contributed by atoms with Crippen molar-refractivity contribution >= 4 is 28.4 Å². The van der Waals surface area contributed by atoms with Gasteiger partial charge in [0, 0.05) is 18.7 Å². The molecular weight excluding hydrogens is 388 g/mol. The highest BCUT2D eigenvalue weighted by atomic mass is 35.5. The van der Waals surface area contributed by atoms with Gasteiger partial charge in [0.1, 0.15) is 5.56 Å². The van der Waals surface area contributed by atoms with Gasteiger partial charge in [-0.2, -0.15) is 0 Å². The number of carbonyl (C=O) groups excluding carboxylic acids is 1. The van der Waals surface area contributed by atoms with Crippen molar-refractivity contribution in [3.05, 3.63) is 45.2 Å². The third-order valence-corrected chi connectivity index (χ3v) is 5.44. The number of rotatable bonds is 4. The molecule has 0 radical (unpaired) electrons. The van der Waals surface area contributed by atoms with Crippen molar-refractivity contribution in [3.8, 4) is 0 Å². The first-order valence-corrected chi connectivity index (χ1v) is 10.9. The maximum atomic E-state index is 12.3. The van der Waals surface area contributed by atoms with Crippen LogP contribution in [0.25, 0.3) is 10.9 Å². The van der Waals surface area contributed by atoms with E-state index in [0.717, 1.165) is 36.8 Å². The van der Waals surface area contributed by atoms with Gasteiger partial charge in [0.15, 0.2) is 0 Å². The molecule has 2 aromatic rings. The minimum absolute atomic E-state index is 0.0194. The van der Waals surface area contributed by atoms with Gasteiger partial charge in [-0.1, -0.05) is 76.5 Å². The number of aliphatic hydroxyl groups excluding tert-OH is 1. The Hall–Kier alpha value is -1.85. The summed E-state index contributed by atoms with van der Waals surface area (Å²) < 4.78 is 1.57. The lowest BCUT2D eigenvalue weighted by Crippen LogP contribution is -2.29. The molecule has 0 unspecified atom stereocenters. The quantitative estimate of drug-likeness (QED) is 0.669. The van der Waals surface area contributed by atoms with Crippen molar-refractivity contribution in [3.63, 3.8) is 0 Å². The van der Waals surface area contributed by atoms with Crippen LogP contribution >= 0.6 is 11.6 Å². The van der Waals surface area contributed by atoms with Crippen molar-refractivity contribution in [2.24, 2.45) is 11.7 Å². The molecule has 5 nitrogen and oxygen atoms in total. The van der Waals surface area contributed by atoms with Crippen molar-refractivity contribution in [2.75, 3.05) is 7.11 Å². The molecule has 1 heterocycles. The third kappa shape index (κ3) is 7.82. The van der Waals surface area contributed by atoms with Crippen LogP contribution in [0.2, 0.25) is 5.02 Å². The van der Waals surface area contributed by atoms with Gasteiger partial charge in [-0.15, -0.1) is 0 Å². The van der Waals surface area contributed by atoms with Gasteiger partial charge in [-0.3, -0.25) is 9.59 Å². The lowest BCUT2D eigenvalue weighted by atomic mass is 10.0. The van der Waals surface area contributed by atoms with Gasteiger partial charge < -0.3 is 15.4 Å². The number of aromatic nitrogens is 1. The standard InChI is InChI=1S/C14H15ClN2O2.C8H16.CH4O/c1-2-3-6-17-12-8-10(15)5-4-9(12)7-11(13(16)18)14(17)19;1-8-6-4-2-3-5-7-8;1-2/h4-5,7-8H,2-3,6H2,1H3,(H2,16,18);8H,2-7H2,1H3;2H,1H3. The zero-order valence-electron chi connectivity index (χ0n) is 17.9. The molecule has 3 N–H and O–H groups in total. The number of benzene rings is 1. The lowest BCUT2D eigenvalue weighted by molar-refractivity contribution is 0.0998. The summed E-state index contributed by atoms with van der Waals surface area (Å²) in [5.41, 5.74) is 5.66. The number of nitrogens with zero attached hydrogens (tertiary/aromatic N) is 1. The first-order chi connectivity index (χ1) is 13.9. The maximum Gasteiger partial charge on any atom is 0.263 e. The van der Waals surface area contributed by atoms with E-state index in [2.05, 4.69) is 6.92 Å². The number of pyridine rings is 1. The zero-order valence-corrected chi connectivity index (χ0v) is 18.7. The number of nitrogens with two attached hydrogens (primary N) is 1. The summed E-state index contributed by atoms with van der Waals surface area (Å²) in [6.45, 7) is 4.97. The van der Waals surface area contributed by atoms with Gasteiger partial charge in [-0.25, -0.2) is 0 Å². The normalized spacial score (nSPS) is 14.2. The van der Waals surface area contributed by atoms with Crippen LogP contribution in [-0.4, -0.2) is 22.7 Å². The van der Waals surface area contributed by atoms with Crippen LogP contribution in [-0.2, 0) is 6.54 Å². The van der Waals surface area contributed by atoms with Crippen LogP contribution in [0.15, 0.2) is 29.1 Å². The molecule has 1 amide bonds. The van der Waals surface area contributed by atoms with Crippen molar-refractivity contribution < 1.29 is 9.90 Å². The van der Waals surface area contributed by atoms with E-state index in [9.17, 15) is 9.59 Å². The van der Waals surface area contributed by atoms with Crippen LogP contribution in [0.4, 0.5) is 0 Å². The van der Waals surface area contributed by atoms with Crippen LogP contribution in [0.5, 0.6) is 0 Å². The molecule has 0 aliphatic heterocycles. The third-order valence-electron chi connectivity index (χ3n) is 5.20. The second-order valence-corrected chi connectivity index (χ2v) is 7.97. The Morgan fingerprint density at radius 1 is 1.17 bits per heavy atom. The van der Waals surface area contributed by atoms with E-state index >= 15 is 0 Å². The number of carbonyl (C=O) groups is 1. The number of fused-ring (bicyclic) bond motifs is 1. The van der Waals surface area contributed by atoms with Gasteiger partial charge in [0.25, 0.3) is 11.5 Å². The summed E-state index contributed by atoms with van der Waals surface area (Å²) in [5.74, 6) is 0.324. The number of halogens is 1. The summed E-state index contributed by atoms with van der Waals surface area (Å²) in [6.07, 6.45) is 10.7. The number of aliphatic hydroxyl groups is 1. The molecular formula is C23H35ClN2O3. The zero-order chi connectivity index (χ0) is 21.8. The second-order valence-electron chi connectivity index (χ2n) is 7.53. The topological polar surface area (TPSA) is 85.3 Å². The molecule has 1 saturated carbocycles. The Balaban J connectivity index is 0.000000351. The molecule has 1 aliphatic rings. The molecule has 162 valence electrons. The Morgan fingerprint density at radius 2 is 1.79 bits per heavy atom. The van der Waals surface area contributed by atoms with Crippen LogP contribution in [0, 0.1) is 5.92 Å². The van der Waals surface area contributed by atoms with E-state index in [1.165, 1.54) is 44.6 Å². The van der Waals surface area contributed by atoms with E-state index in [1.54, 1.807) is 22.8 Å². The summed E-state index contributed by atoms with van der Waals surface area (Å²) in [7, 11) is 1.00. The highest BCUT2D eigenvalue weighted by molar-refractivity contribution is 6.31. The molecule has 0 spiro atoms. The minimum atomic E-state index is -0.702. The fourth-order valence-corrected chi connectivity index (χ4v) is 3.71. The van der Waals surface area contributed by atoms with E-state index in [4.69, 9.17) is 22.4 Å². The van der Waals surface area contributed by atoms with Crippen LogP contribution < -0.4 is 11.3 Å². The van der Waals surface area contributed by atoms with Crippen molar-refractivity contribution in [1.29, 1.82) is 0 Å². The average Bonchev–Trinajstić information content (AvgIpc) is 2.96. The highest BCUT2D eigenvalue weighted by Gasteiger charge is 2.13. The molecule has 3 rings (SSSR count). The van der Waals surface area contributed by atoms with Gasteiger partial charge >= 0.3 is 0 Å². The predicted molar refractivity (Wildman–Crippen MR) is 122 cm³/mol. The van der Waals surface area contributed by atoms with E-state index in [-0.39, 0.29) is 11.1 Å². The maximum absolute atomic E-state index is 12.3. The van der Waals surface area contributed by atoms with Crippen LogP contribution in [0.3, 0.4) is 0 Å². The van der Waals surface area contributed by atoms with Crippen molar-refractivity contribution in [2.45, 2.75) is 71.8 Å². The Kier molecular flexibility index (Phi) is 11.6. The van der Waals surface area contributed by atoms with E-state index in [1.807, 2.05) is 6.92 Å². The fraction of sp³-hybridized carbons (Fsp3) is 0.565. The molecule has 1 aromatic carbocycles. The molecule has 6 heteroatoms. The van der Waals surface area contributed by atoms with Crippen LogP contribution in [0.1, 0.15) is 75.6 Å². The summed E-state index contributed by atoms with van der Waals surface area (Å²) in [5, 5.41) is 8.35. The molecule has 0 saturated heterocycles. The number of hydrogen-bond acceptors (Lipinski definition) is 3. The Morgan fingerprint density at radius 3 is 2.34 bits per heavy atom. The number of aryl methyl sites for hydroxylation is 1. The summed E-state index contributed by atoms with van der Waals surface area (Å²) >= 11 is 5.97. The van der Waals surface area contributed by atoms with Crippen molar-refractivity contribution in [1.82, 2.24) is 4.57 Å². The fourth-order valence-electron chi connectivity index (χ4n) is 3.54. The Bertz CT molecular complexity index is 825. The molecule has 0 bridgehead atoms.